The predicted molar refractivity (Wildman–Crippen MR) is 74.9 cm³/mol. The van der Waals surface area contributed by atoms with E-state index in [2.05, 4.69) is 14.9 Å². The number of aromatic nitrogens is 2. The van der Waals surface area contributed by atoms with Crippen molar-refractivity contribution in [2.45, 2.75) is 0 Å². The Morgan fingerprint density at radius 3 is 2.84 bits per heavy atom. The lowest BCUT2D eigenvalue weighted by atomic mass is 10.1. The van der Waals surface area contributed by atoms with Crippen LogP contribution in [0.25, 0.3) is 11.1 Å². The highest BCUT2D eigenvalue weighted by Gasteiger charge is 2.16. The molecule has 0 saturated carbocycles. The first-order valence-electron chi connectivity index (χ1n) is 6.33. The standard InChI is InChI=1S/C14H16N4O/c15-12-8-11(9-16-10-12)13-2-1-3-17-14(13)18-4-6-19-7-5-18/h1-3,8-10H,4-7,15H2. The molecule has 1 saturated heterocycles. The molecule has 0 radical (unpaired) electrons. The topological polar surface area (TPSA) is 64.3 Å². The highest BCUT2D eigenvalue weighted by Crippen LogP contribution is 2.29. The fourth-order valence-corrected chi connectivity index (χ4v) is 2.25. The second-order valence-corrected chi connectivity index (χ2v) is 4.48. The van der Waals surface area contributed by atoms with Crippen molar-refractivity contribution in [1.82, 2.24) is 9.97 Å². The fourth-order valence-electron chi connectivity index (χ4n) is 2.25. The Hall–Kier alpha value is -2.14. The molecule has 2 aromatic heterocycles. The predicted octanol–water partition coefficient (Wildman–Crippen LogP) is 1.56. The van der Waals surface area contributed by atoms with Gasteiger partial charge >= 0.3 is 0 Å². The van der Waals surface area contributed by atoms with Gasteiger partial charge in [-0.05, 0) is 18.2 Å². The van der Waals surface area contributed by atoms with E-state index < -0.39 is 0 Å². The van der Waals surface area contributed by atoms with Gasteiger partial charge in [0, 0.05) is 42.8 Å². The van der Waals surface area contributed by atoms with E-state index in [4.69, 9.17) is 10.5 Å². The summed E-state index contributed by atoms with van der Waals surface area (Å²) in [7, 11) is 0. The van der Waals surface area contributed by atoms with E-state index in [-0.39, 0.29) is 0 Å². The molecule has 0 aliphatic carbocycles. The molecule has 0 amide bonds. The minimum Gasteiger partial charge on any atom is -0.397 e. The van der Waals surface area contributed by atoms with Crippen molar-refractivity contribution in [2.24, 2.45) is 0 Å². The van der Waals surface area contributed by atoms with Crippen LogP contribution >= 0.6 is 0 Å². The monoisotopic (exact) mass is 256 g/mol. The maximum atomic E-state index is 5.81. The van der Waals surface area contributed by atoms with E-state index in [1.807, 2.05) is 30.6 Å². The molecular formula is C14H16N4O. The first kappa shape index (κ1) is 11.9. The first-order valence-corrected chi connectivity index (χ1v) is 6.33. The van der Waals surface area contributed by atoms with Crippen LogP contribution in [0.4, 0.5) is 11.5 Å². The summed E-state index contributed by atoms with van der Waals surface area (Å²) in [6.45, 7) is 3.20. The smallest absolute Gasteiger partial charge is 0.136 e. The highest BCUT2D eigenvalue weighted by atomic mass is 16.5. The Labute approximate surface area is 112 Å². The Balaban J connectivity index is 2.01. The molecule has 3 rings (SSSR count). The molecule has 0 unspecified atom stereocenters. The van der Waals surface area contributed by atoms with E-state index in [9.17, 15) is 0 Å². The van der Waals surface area contributed by atoms with Crippen LogP contribution < -0.4 is 10.6 Å². The third kappa shape index (κ3) is 2.51. The molecule has 2 aromatic rings. The van der Waals surface area contributed by atoms with Crippen LogP contribution in [0.3, 0.4) is 0 Å². The number of rotatable bonds is 2. The zero-order chi connectivity index (χ0) is 13.1. The molecule has 1 aliphatic heterocycles. The molecule has 3 heterocycles. The van der Waals surface area contributed by atoms with Crippen molar-refractivity contribution < 1.29 is 4.74 Å². The van der Waals surface area contributed by atoms with Crippen LogP contribution in [0.5, 0.6) is 0 Å². The second-order valence-electron chi connectivity index (χ2n) is 4.48. The molecule has 1 aliphatic rings. The van der Waals surface area contributed by atoms with Crippen LogP contribution in [0, 0.1) is 0 Å². The van der Waals surface area contributed by atoms with Gasteiger partial charge in [-0.15, -0.1) is 0 Å². The van der Waals surface area contributed by atoms with Gasteiger partial charge in [-0.3, -0.25) is 4.98 Å². The van der Waals surface area contributed by atoms with Crippen LogP contribution in [0.1, 0.15) is 0 Å². The number of hydrogen-bond acceptors (Lipinski definition) is 5. The molecule has 5 nitrogen and oxygen atoms in total. The lowest BCUT2D eigenvalue weighted by molar-refractivity contribution is 0.122. The van der Waals surface area contributed by atoms with Gasteiger partial charge in [0.1, 0.15) is 5.82 Å². The lowest BCUT2D eigenvalue weighted by Crippen LogP contribution is -2.37. The van der Waals surface area contributed by atoms with Gasteiger partial charge in [-0.25, -0.2) is 4.98 Å². The number of nitrogens with zero attached hydrogens (tertiary/aromatic N) is 3. The van der Waals surface area contributed by atoms with E-state index in [0.29, 0.717) is 5.69 Å². The number of anilines is 2. The van der Waals surface area contributed by atoms with Gasteiger partial charge in [0.05, 0.1) is 18.9 Å². The van der Waals surface area contributed by atoms with Crippen molar-refractivity contribution in [2.75, 3.05) is 36.9 Å². The normalized spacial score (nSPS) is 15.5. The van der Waals surface area contributed by atoms with Gasteiger partial charge in [-0.1, -0.05) is 0 Å². The second kappa shape index (κ2) is 5.24. The summed E-state index contributed by atoms with van der Waals surface area (Å²) >= 11 is 0. The Morgan fingerprint density at radius 2 is 2.05 bits per heavy atom. The number of nitrogen functional groups attached to an aromatic ring is 1. The molecule has 1 fully saturated rings. The third-order valence-corrected chi connectivity index (χ3v) is 3.17. The largest absolute Gasteiger partial charge is 0.397 e. The van der Waals surface area contributed by atoms with Gasteiger partial charge in [0.25, 0.3) is 0 Å². The number of pyridine rings is 2. The molecule has 19 heavy (non-hydrogen) atoms. The maximum absolute atomic E-state index is 5.81. The molecule has 2 N–H and O–H groups in total. The third-order valence-electron chi connectivity index (χ3n) is 3.17. The van der Waals surface area contributed by atoms with E-state index in [1.54, 1.807) is 6.20 Å². The van der Waals surface area contributed by atoms with Crippen LogP contribution in [0.15, 0.2) is 36.8 Å². The molecule has 0 aromatic carbocycles. The highest BCUT2D eigenvalue weighted by molar-refractivity contribution is 5.76. The minimum atomic E-state index is 0.661. The average Bonchev–Trinajstić information content (AvgIpc) is 2.48. The number of nitrogens with two attached hydrogens (primary N) is 1. The summed E-state index contributed by atoms with van der Waals surface area (Å²) < 4.78 is 5.38. The van der Waals surface area contributed by atoms with Gasteiger partial charge in [0.2, 0.25) is 0 Å². The van der Waals surface area contributed by atoms with Crippen LogP contribution in [-0.4, -0.2) is 36.3 Å². The quantitative estimate of drug-likeness (QED) is 0.883. The number of hydrogen-bond donors (Lipinski definition) is 1. The SMILES string of the molecule is Nc1cncc(-c2cccnc2N2CCOCC2)c1. The maximum Gasteiger partial charge on any atom is 0.136 e. The van der Waals surface area contributed by atoms with E-state index in [1.165, 1.54) is 0 Å². The van der Waals surface area contributed by atoms with Gasteiger partial charge in [0.15, 0.2) is 0 Å². The van der Waals surface area contributed by atoms with Crippen molar-refractivity contribution in [1.29, 1.82) is 0 Å². The molecule has 98 valence electrons. The van der Waals surface area contributed by atoms with Crippen molar-refractivity contribution in [3.63, 3.8) is 0 Å². The molecule has 5 heteroatoms. The summed E-state index contributed by atoms with van der Waals surface area (Å²) in [5, 5.41) is 0. The van der Waals surface area contributed by atoms with Crippen molar-refractivity contribution in [3.05, 3.63) is 36.8 Å². The molecule has 0 bridgehead atoms. The molecular weight excluding hydrogens is 240 g/mol. The van der Waals surface area contributed by atoms with Gasteiger partial charge < -0.3 is 15.4 Å². The minimum absolute atomic E-state index is 0.661. The average molecular weight is 256 g/mol. The lowest BCUT2D eigenvalue weighted by Gasteiger charge is -2.29. The number of morpholine rings is 1. The Bertz CT molecular complexity index is 567. The zero-order valence-corrected chi connectivity index (χ0v) is 10.6. The zero-order valence-electron chi connectivity index (χ0n) is 10.6. The van der Waals surface area contributed by atoms with Crippen LogP contribution in [-0.2, 0) is 4.74 Å². The summed E-state index contributed by atoms with van der Waals surface area (Å²) in [6.07, 6.45) is 5.28. The summed E-state index contributed by atoms with van der Waals surface area (Å²) in [6, 6.07) is 5.91. The molecule has 0 spiro atoms. The summed E-state index contributed by atoms with van der Waals surface area (Å²) in [4.78, 5) is 10.9. The summed E-state index contributed by atoms with van der Waals surface area (Å²) in [5.74, 6) is 0.971. The van der Waals surface area contributed by atoms with Crippen molar-refractivity contribution in [3.8, 4) is 11.1 Å². The fraction of sp³-hybridized carbons (Fsp3) is 0.286. The van der Waals surface area contributed by atoms with Gasteiger partial charge in [-0.2, -0.15) is 0 Å². The molecule has 0 atom stereocenters. The Kier molecular flexibility index (Phi) is 3.29. The summed E-state index contributed by atoms with van der Waals surface area (Å²) in [5.41, 5.74) is 8.52. The van der Waals surface area contributed by atoms with Crippen LogP contribution in [0.2, 0.25) is 0 Å². The Morgan fingerprint density at radius 1 is 1.21 bits per heavy atom. The number of ether oxygens (including phenoxy) is 1. The van der Waals surface area contributed by atoms with E-state index >= 15 is 0 Å². The first-order chi connectivity index (χ1) is 9.34. The van der Waals surface area contributed by atoms with Crippen molar-refractivity contribution >= 4 is 11.5 Å². The van der Waals surface area contributed by atoms with E-state index in [0.717, 1.165) is 43.2 Å².